The molecule has 0 bridgehead atoms. The number of methoxy groups -OCH3 is 3. The quantitative estimate of drug-likeness (QED) is 0.617. The molecular weight excluding hydrogens is 294 g/mol. The molecule has 0 radical (unpaired) electrons. The van der Waals surface area contributed by atoms with E-state index in [4.69, 9.17) is 25.8 Å². The third-order valence-electron chi connectivity index (χ3n) is 3.95. The number of hydrogen-bond donors (Lipinski definition) is 0. The molecule has 1 fully saturated rings. The summed E-state index contributed by atoms with van der Waals surface area (Å²) in [6.07, 6.45) is 5.04. The van der Waals surface area contributed by atoms with Crippen LogP contribution in [0.1, 0.15) is 31.2 Å². The summed E-state index contributed by atoms with van der Waals surface area (Å²) in [4.78, 5) is 15.0. The summed E-state index contributed by atoms with van der Waals surface area (Å²) < 4.78 is 16.1. The number of benzene rings is 1. The highest BCUT2D eigenvalue weighted by Gasteiger charge is 2.42. The minimum absolute atomic E-state index is 0.399. The van der Waals surface area contributed by atoms with Crippen molar-refractivity contribution in [3.8, 4) is 17.2 Å². The van der Waals surface area contributed by atoms with E-state index in [1.165, 1.54) is 14.2 Å². The van der Waals surface area contributed by atoms with Crippen molar-refractivity contribution >= 4 is 17.7 Å². The standard InChI is InChI=1S/C15H18ClNO4/c1-19-10-8-11(20-2)14(21-3)12(13(10)16)15(17-9-18)6-4-5-7-15/h8H,4-7H2,1-3H3. The van der Waals surface area contributed by atoms with Gasteiger partial charge in [0.05, 0.1) is 26.4 Å². The summed E-state index contributed by atoms with van der Waals surface area (Å²) in [7, 11) is 4.61. The molecule has 0 spiro atoms. The fourth-order valence-corrected chi connectivity index (χ4v) is 3.37. The molecule has 0 atom stereocenters. The first-order valence-electron chi connectivity index (χ1n) is 6.71. The molecule has 1 aromatic rings. The van der Waals surface area contributed by atoms with Crippen LogP contribution >= 0.6 is 11.6 Å². The van der Waals surface area contributed by atoms with Gasteiger partial charge in [-0.05, 0) is 12.8 Å². The van der Waals surface area contributed by atoms with Gasteiger partial charge in [-0.15, -0.1) is 0 Å². The molecule has 0 heterocycles. The van der Waals surface area contributed by atoms with Crippen LogP contribution in [0.25, 0.3) is 0 Å². The van der Waals surface area contributed by atoms with Crippen LogP contribution in [0, 0.1) is 0 Å². The van der Waals surface area contributed by atoms with Crippen molar-refractivity contribution in [2.45, 2.75) is 31.2 Å². The zero-order chi connectivity index (χ0) is 15.5. The highest BCUT2D eigenvalue weighted by Crippen LogP contribution is 2.53. The highest BCUT2D eigenvalue weighted by molar-refractivity contribution is 6.33. The van der Waals surface area contributed by atoms with Gasteiger partial charge >= 0.3 is 0 Å². The molecule has 0 N–H and O–H groups in total. The molecule has 0 amide bonds. The SMILES string of the molecule is COc1cc(OC)c(OC)c(C2(N=C=O)CCCC2)c1Cl. The van der Waals surface area contributed by atoms with E-state index in [1.807, 2.05) is 0 Å². The number of isocyanates is 1. The van der Waals surface area contributed by atoms with Crippen molar-refractivity contribution < 1.29 is 19.0 Å². The van der Waals surface area contributed by atoms with Crippen molar-refractivity contribution in [2.24, 2.45) is 4.99 Å². The number of carbonyl (C=O) groups excluding carboxylic acids is 1. The van der Waals surface area contributed by atoms with Gasteiger partial charge in [-0.2, -0.15) is 4.99 Å². The predicted molar refractivity (Wildman–Crippen MR) is 79.4 cm³/mol. The number of nitrogens with zero attached hydrogens (tertiary/aromatic N) is 1. The second-order valence-corrected chi connectivity index (χ2v) is 5.32. The third kappa shape index (κ3) is 2.59. The van der Waals surface area contributed by atoms with Crippen molar-refractivity contribution in [3.05, 3.63) is 16.7 Å². The predicted octanol–water partition coefficient (Wildman–Crippen LogP) is 3.47. The monoisotopic (exact) mass is 311 g/mol. The molecule has 1 aliphatic rings. The third-order valence-corrected chi connectivity index (χ3v) is 4.32. The van der Waals surface area contributed by atoms with Crippen LogP contribution in [-0.4, -0.2) is 27.4 Å². The van der Waals surface area contributed by atoms with Crippen LogP contribution in [-0.2, 0) is 10.3 Å². The summed E-state index contributed by atoms with van der Waals surface area (Å²) in [6.45, 7) is 0. The van der Waals surface area contributed by atoms with E-state index in [0.717, 1.165) is 12.8 Å². The van der Waals surface area contributed by atoms with Crippen molar-refractivity contribution in [2.75, 3.05) is 21.3 Å². The lowest BCUT2D eigenvalue weighted by Crippen LogP contribution is -2.21. The van der Waals surface area contributed by atoms with E-state index in [2.05, 4.69) is 4.99 Å². The van der Waals surface area contributed by atoms with Gasteiger partial charge < -0.3 is 14.2 Å². The normalized spacial score (nSPS) is 16.2. The minimum atomic E-state index is -0.716. The van der Waals surface area contributed by atoms with E-state index in [1.54, 1.807) is 19.3 Å². The van der Waals surface area contributed by atoms with Gasteiger partial charge in [-0.3, -0.25) is 0 Å². The largest absolute Gasteiger partial charge is 0.495 e. The van der Waals surface area contributed by atoms with Gasteiger partial charge in [-0.1, -0.05) is 24.4 Å². The van der Waals surface area contributed by atoms with Crippen LogP contribution in [0.2, 0.25) is 5.02 Å². The maximum absolute atomic E-state index is 10.9. The zero-order valence-electron chi connectivity index (χ0n) is 12.4. The van der Waals surface area contributed by atoms with Gasteiger partial charge in [-0.25, -0.2) is 4.79 Å². The van der Waals surface area contributed by atoms with Gasteiger partial charge in [0.25, 0.3) is 0 Å². The number of halogens is 1. The highest BCUT2D eigenvalue weighted by atomic mass is 35.5. The molecule has 0 aliphatic heterocycles. The zero-order valence-corrected chi connectivity index (χ0v) is 13.1. The molecule has 21 heavy (non-hydrogen) atoms. The van der Waals surface area contributed by atoms with Gasteiger partial charge in [0, 0.05) is 11.6 Å². The Morgan fingerprint density at radius 2 is 1.76 bits per heavy atom. The van der Waals surface area contributed by atoms with Crippen molar-refractivity contribution in [1.29, 1.82) is 0 Å². The first-order valence-corrected chi connectivity index (χ1v) is 7.09. The molecule has 114 valence electrons. The van der Waals surface area contributed by atoms with Gasteiger partial charge in [0.15, 0.2) is 11.5 Å². The van der Waals surface area contributed by atoms with Crippen molar-refractivity contribution in [1.82, 2.24) is 0 Å². The van der Waals surface area contributed by atoms with Crippen LogP contribution in [0.5, 0.6) is 17.2 Å². The number of hydrogen-bond acceptors (Lipinski definition) is 5. The van der Waals surface area contributed by atoms with E-state index >= 15 is 0 Å². The molecular formula is C15H18ClNO4. The summed E-state index contributed by atoms with van der Waals surface area (Å²) >= 11 is 6.48. The average molecular weight is 312 g/mol. The summed E-state index contributed by atoms with van der Waals surface area (Å²) in [5, 5.41) is 0.399. The smallest absolute Gasteiger partial charge is 0.235 e. The van der Waals surface area contributed by atoms with Crippen LogP contribution < -0.4 is 14.2 Å². The second-order valence-electron chi connectivity index (χ2n) is 4.95. The summed E-state index contributed by atoms with van der Waals surface area (Å²) in [5.74, 6) is 1.46. The van der Waals surface area contributed by atoms with E-state index in [-0.39, 0.29) is 0 Å². The molecule has 1 aromatic carbocycles. The Morgan fingerprint density at radius 3 is 2.24 bits per heavy atom. The fraction of sp³-hybridized carbons (Fsp3) is 0.533. The Bertz CT molecular complexity index is 576. The molecule has 0 unspecified atom stereocenters. The molecule has 1 aliphatic carbocycles. The van der Waals surface area contributed by atoms with Crippen LogP contribution in [0.3, 0.4) is 0 Å². The lowest BCUT2D eigenvalue weighted by atomic mass is 9.87. The molecule has 2 rings (SSSR count). The van der Waals surface area contributed by atoms with Gasteiger partial charge in [0.2, 0.25) is 6.08 Å². The topological polar surface area (TPSA) is 57.1 Å². The molecule has 5 nitrogen and oxygen atoms in total. The number of rotatable bonds is 5. The molecule has 0 aromatic heterocycles. The van der Waals surface area contributed by atoms with Gasteiger partial charge in [0.1, 0.15) is 11.3 Å². The Labute approximate surface area is 128 Å². The minimum Gasteiger partial charge on any atom is -0.495 e. The van der Waals surface area contributed by atoms with E-state index < -0.39 is 5.54 Å². The number of ether oxygens (including phenoxy) is 3. The maximum atomic E-state index is 10.9. The second kappa shape index (κ2) is 6.37. The molecule has 0 saturated heterocycles. The lowest BCUT2D eigenvalue weighted by Gasteiger charge is -2.28. The first-order chi connectivity index (χ1) is 10.1. The molecule has 6 heteroatoms. The Kier molecular flexibility index (Phi) is 4.76. The Balaban J connectivity index is 2.78. The maximum Gasteiger partial charge on any atom is 0.235 e. The van der Waals surface area contributed by atoms with Crippen LogP contribution in [0.15, 0.2) is 11.1 Å². The Morgan fingerprint density at radius 1 is 1.14 bits per heavy atom. The Hall–Kier alpha value is -1.71. The van der Waals surface area contributed by atoms with E-state index in [0.29, 0.717) is 40.7 Å². The lowest BCUT2D eigenvalue weighted by molar-refractivity contribution is 0.331. The molecule has 1 saturated carbocycles. The fourth-order valence-electron chi connectivity index (χ4n) is 2.98. The van der Waals surface area contributed by atoms with E-state index in [9.17, 15) is 4.79 Å². The van der Waals surface area contributed by atoms with Crippen molar-refractivity contribution in [3.63, 3.8) is 0 Å². The summed E-state index contributed by atoms with van der Waals surface area (Å²) in [6, 6.07) is 1.66. The summed E-state index contributed by atoms with van der Waals surface area (Å²) in [5.41, 5.74) is -0.0739. The first kappa shape index (κ1) is 15.7. The number of aliphatic imine (C=N–C) groups is 1. The average Bonchev–Trinajstić information content (AvgIpc) is 2.96. The van der Waals surface area contributed by atoms with Crippen LogP contribution in [0.4, 0.5) is 0 Å².